The molecule has 37 heavy (non-hydrogen) atoms. The molecule has 8 nitrogen and oxygen atoms in total. The molecule has 0 spiro atoms. The van der Waals surface area contributed by atoms with E-state index in [0.717, 1.165) is 16.5 Å². The molecule has 1 heterocycles. The lowest BCUT2D eigenvalue weighted by atomic mass is 10.1. The van der Waals surface area contributed by atoms with Crippen LogP contribution in [0.1, 0.15) is 43.1 Å². The largest absolute Gasteiger partial charge is 0.481 e. The average molecular weight is 604 g/mol. The van der Waals surface area contributed by atoms with Crippen molar-refractivity contribution in [3.05, 3.63) is 107 Å². The molecule has 0 radical (unpaired) electrons. The minimum atomic E-state index is -0.577. The fraction of sp³-hybridized carbons (Fsp3) is 0.192. The number of nitro groups is 1. The van der Waals surface area contributed by atoms with Gasteiger partial charge < -0.3 is 4.74 Å². The molecular weight excluding hydrogens is 583 g/mol. The monoisotopic (exact) mass is 602 g/mol. The van der Waals surface area contributed by atoms with Crippen molar-refractivity contribution >= 4 is 61.9 Å². The van der Waals surface area contributed by atoms with Gasteiger partial charge in [-0.05, 0) is 48.4 Å². The summed E-state index contributed by atoms with van der Waals surface area (Å²) in [7, 11) is 0. The number of hydrogen-bond donors (Lipinski definition) is 0. The van der Waals surface area contributed by atoms with Gasteiger partial charge >= 0.3 is 5.69 Å². The van der Waals surface area contributed by atoms with Crippen LogP contribution in [0.4, 0.5) is 5.69 Å². The van der Waals surface area contributed by atoms with Crippen LogP contribution >= 0.6 is 39.1 Å². The Balaban J connectivity index is 1.83. The number of nitro benzene ring substituents is 1. The lowest BCUT2D eigenvalue weighted by Gasteiger charge is -2.14. The van der Waals surface area contributed by atoms with Crippen molar-refractivity contribution in [2.24, 2.45) is 5.10 Å². The highest BCUT2D eigenvalue weighted by molar-refractivity contribution is 9.10. The average Bonchev–Trinajstić information content (AvgIpc) is 2.87. The van der Waals surface area contributed by atoms with E-state index >= 15 is 0 Å². The van der Waals surface area contributed by atoms with Gasteiger partial charge in [0.25, 0.3) is 5.56 Å². The molecule has 0 unspecified atom stereocenters. The maximum Gasteiger partial charge on any atom is 0.313 e. The Bertz CT molecular complexity index is 1570. The van der Waals surface area contributed by atoms with Crippen molar-refractivity contribution in [2.75, 3.05) is 0 Å². The van der Waals surface area contributed by atoms with Gasteiger partial charge in [-0.25, -0.2) is 4.98 Å². The van der Waals surface area contributed by atoms with E-state index in [9.17, 15) is 14.9 Å². The molecule has 1 atom stereocenters. The second-order valence-electron chi connectivity index (χ2n) is 8.32. The van der Waals surface area contributed by atoms with Gasteiger partial charge in [0.1, 0.15) is 12.4 Å². The van der Waals surface area contributed by atoms with Crippen LogP contribution in [0.5, 0.6) is 5.75 Å². The molecule has 0 N–H and O–H groups in total. The van der Waals surface area contributed by atoms with E-state index in [0.29, 0.717) is 21.7 Å². The van der Waals surface area contributed by atoms with Crippen LogP contribution in [0.3, 0.4) is 0 Å². The Morgan fingerprint density at radius 1 is 1.16 bits per heavy atom. The zero-order chi connectivity index (χ0) is 26.7. The summed E-state index contributed by atoms with van der Waals surface area (Å²) in [4.78, 5) is 29.3. The minimum absolute atomic E-state index is 0.0252. The topological polar surface area (TPSA) is 99.6 Å². The van der Waals surface area contributed by atoms with Gasteiger partial charge in [0.05, 0.1) is 22.0 Å². The Kier molecular flexibility index (Phi) is 8.26. The first-order valence-corrected chi connectivity index (χ1v) is 12.8. The predicted molar refractivity (Wildman–Crippen MR) is 149 cm³/mol. The quantitative estimate of drug-likeness (QED) is 0.119. The van der Waals surface area contributed by atoms with Gasteiger partial charge in [-0.3, -0.25) is 14.9 Å². The van der Waals surface area contributed by atoms with Gasteiger partial charge in [-0.1, -0.05) is 65.1 Å². The molecule has 0 aliphatic rings. The number of ether oxygens (including phenoxy) is 1. The summed E-state index contributed by atoms with van der Waals surface area (Å²) in [5.74, 6) is 0.369. The zero-order valence-corrected chi connectivity index (χ0v) is 22.9. The first kappa shape index (κ1) is 26.8. The maximum atomic E-state index is 13.4. The molecule has 0 saturated carbocycles. The SMILES string of the molecule is CC[C@H](C)c1nc2ccc(Br)cc2c(=O)n1N=Cc1cc(Cl)cc([N+](=O)[O-])c1OCc1ccc(Cl)cc1. The Labute approximate surface area is 230 Å². The summed E-state index contributed by atoms with van der Waals surface area (Å²) in [6, 6.07) is 14.9. The molecule has 190 valence electrons. The molecule has 0 aliphatic heterocycles. The highest BCUT2D eigenvalue weighted by atomic mass is 79.9. The summed E-state index contributed by atoms with van der Waals surface area (Å²) in [6.07, 6.45) is 2.05. The Morgan fingerprint density at radius 2 is 1.89 bits per heavy atom. The molecule has 3 aromatic carbocycles. The van der Waals surface area contributed by atoms with Crippen LogP contribution in [-0.4, -0.2) is 20.8 Å². The molecule has 0 amide bonds. The number of nitrogens with zero attached hydrogens (tertiary/aromatic N) is 4. The van der Waals surface area contributed by atoms with E-state index in [1.165, 1.54) is 23.0 Å². The standard InChI is InChI=1S/C26H21BrCl2N4O4/c1-3-15(2)25-31-22-9-6-18(27)11-21(22)26(34)32(25)30-13-17-10-20(29)12-23(33(35)36)24(17)37-14-16-4-7-19(28)8-5-16/h4-13,15H,3,14H2,1-2H3/t15-/m0/s1. The fourth-order valence-electron chi connectivity index (χ4n) is 3.62. The molecule has 0 fully saturated rings. The number of hydrogen-bond acceptors (Lipinski definition) is 6. The van der Waals surface area contributed by atoms with Crippen molar-refractivity contribution in [3.63, 3.8) is 0 Å². The normalized spacial score (nSPS) is 12.2. The number of fused-ring (bicyclic) bond motifs is 1. The van der Waals surface area contributed by atoms with Crippen molar-refractivity contribution in [1.29, 1.82) is 0 Å². The third kappa shape index (κ3) is 6.01. The van der Waals surface area contributed by atoms with E-state index in [1.807, 2.05) is 19.9 Å². The number of benzene rings is 3. The zero-order valence-electron chi connectivity index (χ0n) is 19.8. The van der Waals surface area contributed by atoms with Gasteiger partial charge in [-0.2, -0.15) is 9.78 Å². The molecule has 1 aromatic heterocycles. The minimum Gasteiger partial charge on any atom is -0.481 e. The van der Waals surface area contributed by atoms with Crippen molar-refractivity contribution in [1.82, 2.24) is 9.66 Å². The smallest absolute Gasteiger partial charge is 0.313 e. The first-order valence-electron chi connectivity index (χ1n) is 11.3. The molecule has 11 heteroatoms. The second kappa shape index (κ2) is 11.4. The Morgan fingerprint density at radius 3 is 2.57 bits per heavy atom. The highest BCUT2D eigenvalue weighted by Crippen LogP contribution is 2.34. The van der Waals surface area contributed by atoms with Crippen LogP contribution in [0.15, 0.2) is 69.0 Å². The number of aromatic nitrogens is 2. The van der Waals surface area contributed by atoms with Crippen molar-refractivity contribution in [2.45, 2.75) is 32.8 Å². The fourth-order valence-corrected chi connectivity index (χ4v) is 4.33. The molecule has 0 saturated heterocycles. The van der Waals surface area contributed by atoms with E-state index in [-0.39, 0.29) is 40.1 Å². The van der Waals surface area contributed by atoms with Crippen molar-refractivity contribution in [3.8, 4) is 5.75 Å². The summed E-state index contributed by atoms with van der Waals surface area (Å²) >= 11 is 15.5. The molecule has 4 rings (SSSR count). The number of halogens is 3. The van der Waals surface area contributed by atoms with Gasteiger partial charge in [0, 0.05) is 32.1 Å². The van der Waals surface area contributed by atoms with Crippen LogP contribution in [0.25, 0.3) is 10.9 Å². The van der Waals surface area contributed by atoms with Crippen LogP contribution in [0, 0.1) is 10.1 Å². The van der Waals surface area contributed by atoms with E-state index in [1.54, 1.807) is 36.4 Å². The van der Waals surface area contributed by atoms with Gasteiger partial charge in [0.15, 0.2) is 0 Å². The highest BCUT2D eigenvalue weighted by Gasteiger charge is 2.22. The third-order valence-corrected chi connectivity index (χ3v) is 6.72. The van der Waals surface area contributed by atoms with Gasteiger partial charge in [0.2, 0.25) is 5.75 Å². The maximum absolute atomic E-state index is 13.4. The predicted octanol–water partition coefficient (Wildman–Crippen LogP) is 7.35. The van der Waals surface area contributed by atoms with Gasteiger partial charge in [-0.15, -0.1) is 0 Å². The lowest BCUT2D eigenvalue weighted by molar-refractivity contribution is -0.385. The first-order chi connectivity index (χ1) is 17.7. The molecule has 0 aliphatic carbocycles. The van der Waals surface area contributed by atoms with E-state index in [4.69, 9.17) is 27.9 Å². The Hall–Kier alpha value is -3.27. The van der Waals surface area contributed by atoms with E-state index < -0.39 is 4.92 Å². The summed E-state index contributed by atoms with van der Waals surface area (Å²) < 4.78 is 7.82. The molecule has 4 aromatic rings. The molecular formula is C26H21BrCl2N4O4. The third-order valence-electron chi connectivity index (χ3n) is 5.75. The van der Waals surface area contributed by atoms with Crippen molar-refractivity contribution < 1.29 is 9.66 Å². The lowest BCUT2D eigenvalue weighted by Crippen LogP contribution is -2.23. The molecule has 0 bridgehead atoms. The second-order valence-corrected chi connectivity index (χ2v) is 10.1. The number of rotatable bonds is 8. The van der Waals surface area contributed by atoms with E-state index in [2.05, 4.69) is 26.0 Å². The summed E-state index contributed by atoms with van der Waals surface area (Å²) in [5, 5.41) is 17.3. The summed E-state index contributed by atoms with van der Waals surface area (Å²) in [5.41, 5.74) is 0.872. The summed E-state index contributed by atoms with van der Waals surface area (Å²) in [6.45, 7) is 3.98. The van der Waals surface area contributed by atoms with Crippen LogP contribution in [-0.2, 0) is 6.61 Å². The van der Waals surface area contributed by atoms with Crippen LogP contribution in [0.2, 0.25) is 10.0 Å². The van der Waals surface area contributed by atoms with Crippen LogP contribution < -0.4 is 10.3 Å².